The molecule has 0 aromatic carbocycles. The van der Waals surface area contributed by atoms with Crippen molar-refractivity contribution < 1.29 is 5.11 Å². The molecule has 3 aromatic heterocycles. The number of aliphatic hydroxyl groups excluding tert-OH is 1. The zero-order valence-electron chi connectivity index (χ0n) is 20.4. The lowest BCUT2D eigenvalue weighted by molar-refractivity contribution is 0.0824. The highest BCUT2D eigenvalue weighted by Gasteiger charge is 2.15. The van der Waals surface area contributed by atoms with E-state index in [4.69, 9.17) is 10.7 Å². The first-order chi connectivity index (χ1) is 17.0. The van der Waals surface area contributed by atoms with Crippen LogP contribution >= 0.6 is 0 Å². The quantitative estimate of drug-likeness (QED) is 0.318. The third-order valence-corrected chi connectivity index (χ3v) is 6.20. The second-order valence-corrected chi connectivity index (χ2v) is 9.20. The number of aliphatic imine (C=N–C) groups is 1. The van der Waals surface area contributed by atoms with Crippen molar-refractivity contribution in [3.63, 3.8) is 0 Å². The van der Waals surface area contributed by atoms with E-state index in [-0.39, 0.29) is 6.10 Å². The predicted molar refractivity (Wildman–Crippen MR) is 141 cm³/mol. The van der Waals surface area contributed by atoms with Gasteiger partial charge in [-0.15, -0.1) is 5.10 Å². The van der Waals surface area contributed by atoms with Gasteiger partial charge in [-0.3, -0.25) is 9.98 Å². The van der Waals surface area contributed by atoms with Crippen LogP contribution in [0, 0.1) is 0 Å². The third-order valence-electron chi connectivity index (χ3n) is 6.20. The van der Waals surface area contributed by atoms with Crippen molar-refractivity contribution in [2.75, 3.05) is 31.5 Å². The van der Waals surface area contributed by atoms with E-state index in [9.17, 15) is 5.11 Å². The van der Waals surface area contributed by atoms with Crippen LogP contribution in [0.4, 0.5) is 11.6 Å². The number of anilines is 2. The van der Waals surface area contributed by atoms with E-state index in [1.807, 2.05) is 24.3 Å². The van der Waals surface area contributed by atoms with Crippen LogP contribution in [-0.2, 0) is 0 Å². The summed E-state index contributed by atoms with van der Waals surface area (Å²) >= 11 is 0. The van der Waals surface area contributed by atoms with Gasteiger partial charge in [0.25, 0.3) is 0 Å². The lowest BCUT2D eigenvalue weighted by Gasteiger charge is -2.29. The van der Waals surface area contributed by atoms with E-state index in [1.165, 1.54) is 0 Å². The molecular weight excluding hydrogens is 440 g/mol. The lowest BCUT2D eigenvalue weighted by atomic mass is 10.1. The molecule has 0 bridgehead atoms. The average molecular weight is 475 g/mol. The molecule has 1 aliphatic heterocycles. The number of fused-ring (bicyclic) bond motifs is 1. The zero-order chi connectivity index (χ0) is 24.6. The molecule has 4 heterocycles. The largest absolute Gasteiger partial charge is 0.404 e. The lowest BCUT2D eigenvalue weighted by Crippen LogP contribution is -2.36. The highest BCUT2D eigenvalue weighted by molar-refractivity contribution is 6.10. The second kappa shape index (κ2) is 11.8. The summed E-state index contributed by atoms with van der Waals surface area (Å²) in [5.74, 6) is 1.69. The average Bonchev–Trinajstić information content (AvgIpc) is 2.87. The van der Waals surface area contributed by atoms with Gasteiger partial charge in [-0.25, -0.2) is 4.98 Å². The number of pyridine rings is 2. The summed E-state index contributed by atoms with van der Waals surface area (Å²) in [5.41, 5.74) is 10.2. The van der Waals surface area contributed by atoms with Gasteiger partial charge in [0.1, 0.15) is 5.82 Å². The van der Waals surface area contributed by atoms with Crippen LogP contribution in [-0.4, -0.2) is 68.7 Å². The summed E-state index contributed by atoms with van der Waals surface area (Å²) in [5, 5.41) is 21.1. The van der Waals surface area contributed by atoms with Gasteiger partial charge < -0.3 is 21.1 Å². The Bertz CT molecular complexity index is 1180. The number of aliphatic hydroxyl groups is 1. The maximum Gasteiger partial charge on any atom is 0.154 e. The summed E-state index contributed by atoms with van der Waals surface area (Å²) < 4.78 is 0. The van der Waals surface area contributed by atoms with Gasteiger partial charge in [0.2, 0.25) is 0 Å². The Hall–Kier alpha value is -3.43. The number of nitrogens with two attached hydrogens (primary N) is 1. The van der Waals surface area contributed by atoms with E-state index in [0.29, 0.717) is 17.6 Å². The number of likely N-dealkylation sites (tertiary alicyclic amines) is 1. The summed E-state index contributed by atoms with van der Waals surface area (Å²) in [6.07, 6.45) is 9.48. The van der Waals surface area contributed by atoms with Crippen LogP contribution < -0.4 is 11.1 Å². The van der Waals surface area contributed by atoms with Gasteiger partial charge >= 0.3 is 0 Å². The Kier molecular flexibility index (Phi) is 8.33. The molecule has 9 nitrogen and oxygen atoms in total. The number of nitrogens with zero attached hydrogens (tertiary/aromatic N) is 6. The predicted octanol–water partition coefficient (Wildman–Crippen LogP) is 3.50. The molecule has 0 atom stereocenters. The Labute approximate surface area is 206 Å². The SMILES string of the molecule is CC(C)c1cnnc(Nc2ccc3ncc(C(C=NCCCN4CCC(O)CC4)=CN)cc3n2)c1. The molecule has 0 amide bonds. The number of hydrogen-bond acceptors (Lipinski definition) is 9. The van der Waals surface area contributed by atoms with Crippen LogP contribution in [0.15, 0.2) is 47.9 Å². The van der Waals surface area contributed by atoms with Crippen LogP contribution in [0.1, 0.15) is 50.2 Å². The van der Waals surface area contributed by atoms with E-state index in [0.717, 1.165) is 73.2 Å². The normalized spacial score (nSPS) is 15.9. The highest BCUT2D eigenvalue weighted by atomic mass is 16.3. The summed E-state index contributed by atoms with van der Waals surface area (Å²) in [7, 11) is 0. The maximum absolute atomic E-state index is 9.62. The van der Waals surface area contributed by atoms with Crippen molar-refractivity contribution in [3.05, 3.63) is 54.0 Å². The van der Waals surface area contributed by atoms with Crippen molar-refractivity contribution in [1.29, 1.82) is 0 Å². The molecule has 0 saturated carbocycles. The van der Waals surface area contributed by atoms with Crippen molar-refractivity contribution in [2.24, 2.45) is 10.7 Å². The van der Waals surface area contributed by atoms with Gasteiger partial charge in [0.05, 0.1) is 23.3 Å². The minimum absolute atomic E-state index is 0.136. The fourth-order valence-corrected chi connectivity index (χ4v) is 4.03. The summed E-state index contributed by atoms with van der Waals surface area (Å²) in [4.78, 5) is 16.2. The molecule has 35 heavy (non-hydrogen) atoms. The number of rotatable bonds is 9. The molecule has 4 N–H and O–H groups in total. The number of hydrogen-bond donors (Lipinski definition) is 3. The van der Waals surface area contributed by atoms with Crippen molar-refractivity contribution in [2.45, 2.75) is 45.1 Å². The van der Waals surface area contributed by atoms with Crippen LogP contribution in [0.2, 0.25) is 0 Å². The molecular formula is C26H34N8O. The topological polar surface area (TPSA) is 125 Å². The molecule has 0 spiro atoms. The first-order valence-electron chi connectivity index (χ1n) is 12.2. The van der Waals surface area contributed by atoms with Crippen molar-refractivity contribution in [3.8, 4) is 0 Å². The van der Waals surface area contributed by atoms with E-state index >= 15 is 0 Å². The highest BCUT2D eigenvalue weighted by Crippen LogP contribution is 2.21. The molecule has 1 saturated heterocycles. The zero-order valence-corrected chi connectivity index (χ0v) is 20.4. The van der Waals surface area contributed by atoms with Crippen molar-refractivity contribution >= 4 is 34.5 Å². The molecule has 0 radical (unpaired) electrons. The molecule has 4 rings (SSSR count). The Morgan fingerprint density at radius 3 is 2.80 bits per heavy atom. The van der Waals surface area contributed by atoms with E-state index in [1.54, 1.807) is 24.8 Å². The Morgan fingerprint density at radius 1 is 1.20 bits per heavy atom. The minimum atomic E-state index is -0.136. The first kappa shape index (κ1) is 24.7. The molecule has 9 heteroatoms. The molecule has 0 aliphatic carbocycles. The fraction of sp³-hybridized carbons (Fsp3) is 0.423. The van der Waals surface area contributed by atoms with Gasteiger partial charge in [-0.1, -0.05) is 13.8 Å². The minimum Gasteiger partial charge on any atom is -0.404 e. The van der Waals surface area contributed by atoms with Gasteiger partial charge in [-0.2, -0.15) is 5.10 Å². The smallest absolute Gasteiger partial charge is 0.154 e. The Balaban J connectivity index is 1.39. The standard InChI is InChI=1S/C26H34N8O/c1-18(2)19-13-26(33-30-17-19)32-25-5-4-23-24(31-25)12-20(16-29-23)21(14-27)15-28-8-3-9-34-10-6-22(35)7-11-34/h4-5,12-18,22,35H,3,6-11,27H2,1-2H3,(H,31,32,33). The monoisotopic (exact) mass is 474 g/mol. The molecule has 184 valence electrons. The summed E-state index contributed by atoms with van der Waals surface area (Å²) in [6, 6.07) is 7.75. The maximum atomic E-state index is 9.62. The van der Waals surface area contributed by atoms with E-state index in [2.05, 4.69) is 44.2 Å². The van der Waals surface area contributed by atoms with Crippen LogP contribution in [0.5, 0.6) is 0 Å². The molecule has 1 fully saturated rings. The fourth-order valence-electron chi connectivity index (χ4n) is 4.03. The van der Waals surface area contributed by atoms with Crippen molar-refractivity contribution in [1.82, 2.24) is 25.1 Å². The number of piperidine rings is 1. The van der Waals surface area contributed by atoms with Gasteiger partial charge in [0.15, 0.2) is 5.82 Å². The Morgan fingerprint density at radius 2 is 2.03 bits per heavy atom. The van der Waals surface area contributed by atoms with Crippen LogP contribution in [0.25, 0.3) is 16.6 Å². The van der Waals surface area contributed by atoms with Gasteiger partial charge in [0, 0.05) is 49.4 Å². The summed E-state index contributed by atoms with van der Waals surface area (Å²) in [6.45, 7) is 7.87. The van der Waals surface area contributed by atoms with E-state index < -0.39 is 0 Å². The second-order valence-electron chi connectivity index (χ2n) is 9.20. The number of aromatic nitrogens is 4. The molecule has 3 aromatic rings. The first-order valence-corrected chi connectivity index (χ1v) is 12.2. The molecule has 1 aliphatic rings. The van der Waals surface area contributed by atoms with Crippen LogP contribution in [0.3, 0.4) is 0 Å². The number of allylic oxidation sites excluding steroid dienone is 1. The van der Waals surface area contributed by atoms with Gasteiger partial charge in [-0.05, 0) is 61.6 Å². The molecule has 0 unspecified atom stereocenters. The third kappa shape index (κ3) is 6.80. The number of nitrogens with one attached hydrogen (secondary N) is 1.